The van der Waals surface area contributed by atoms with E-state index in [1.807, 2.05) is 12.1 Å². The predicted molar refractivity (Wildman–Crippen MR) is 50.7 cm³/mol. The molecule has 4 heteroatoms. The highest BCUT2D eigenvalue weighted by molar-refractivity contribution is 9.11. The van der Waals surface area contributed by atoms with Gasteiger partial charge in [0.2, 0.25) is 0 Å². The average Bonchev–Trinajstić information content (AvgIpc) is 2.37. The highest BCUT2D eigenvalue weighted by Gasteiger charge is 1.94. The van der Waals surface area contributed by atoms with E-state index in [1.54, 1.807) is 11.3 Å². The van der Waals surface area contributed by atoms with E-state index in [9.17, 15) is 0 Å². The maximum atomic E-state index is 8.25. The minimum atomic E-state index is 0.551. The molecule has 0 amide bonds. The number of nitrogens with zero attached hydrogens (tertiary/aromatic N) is 1. The van der Waals surface area contributed by atoms with Crippen molar-refractivity contribution in [3.63, 3.8) is 0 Å². The number of nitriles is 1. The first-order valence-electron chi connectivity index (χ1n) is 3.19. The molecule has 0 spiro atoms. The van der Waals surface area contributed by atoms with Crippen LogP contribution in [0.2, 0.25) is 0 Å². The third-order valence-electron chi connectivity index (χ3n) is 1.11. The number of nitrogens with one attached hydrogen (secondary N) is 1. The van der Waals surface area contributed by atoms with Gasteiger partial charge in [-0.05, 0) is 28.1 Å². The van der Waals surface area contributed by atoms with E-state index in [1.165, 1.54) is 0 Å². The van der Waals surface area contributed by atoms with Crippen molar-refractivity contribution in [1.82, 2.24) is 0 Å². The molecule has 0 aliphatic heterocycles. The smallest absolute Gasteiger partial charge is 0.0894 e. The normalized spacial score (nSPS) is 9.09. The lowest BCUT2D eigenvalue weighted by Gasteiger charge is -1.96. The molecular formula is C7H7BrN2S. The summed E-state index contributed by atoms with van der Waals surface area (Å²) in [7, 11) is 0. The summed E-state index contributed by atoms with van der Waals surface area (Å²) in [6.07, 6.45) is 0.551. The Morgan fingerprint density at radius 1 is 1.64 bits per heavy atom. The Hall–Kier alpha value is -0.530. The molecule has 1 rings (SSSR count). The van der Waals surface area contributed by atoms with E-state index in [0.29, 0.717) is 6.42 Å². The van der Waals surface area contributed by atoms with Gasteiger partial charge in [0.05, 0.1) is 21.3 Å². The molecule has 0 unspecified atom stereocenters. The summed E-state index contributed by atoms with van der Waals surface area (Å²) in [6.45, 7) is 0.726. The largest absolute Gasteiger partial charge is 0.376 e. The topological polar surface area (TPSA) is 35.8 Å². The van der Waals surface area contributed by atoms with Crippen LogP contribution in [0, 0.1) is 11.3 Å². The Morgan fingerprint density at radius 2 is 2.45 bits per heavy atom. The summed E-state index contributed by atoms with van der Waals surface area (Å²) >= 11 is 4.99. The number of anilines is 1. The van der Waals surface area contributed by atoms with Crippen molar-refractivity contribution >= 4 is 32.3 Å². The Morgan fingerprint density at radius 3 is 3.00 bits per heavy atom. The molecule has 0 aromatic carbocycles. The van der Waals surface area contributed by atoms with Gasteiger partial charge in [0, 0.05) is 6.54 Å². The van der Waals surface area contributed by atoms with E-state index in [4.69, 9.17) is 5.26 Å². The van der Waals surface area contributed by atoms with E-state index in [2.05, 4.69) is 27.3 Å². The van der Waals surface area contributed by atoms with Gasteiger partial charge in [0.25, 0.3) is 0 Å². The number of thiophene rings is 1. The standard InChI is InChI=1S/C7H7BrN2S/c8-6-2-3-7(11-6)10-5-1-4-9/h2-3,10H,1,5H2. The van der Waals surface area contributed by atoms with Gasteiger partial charge in [-0.3, -0.25) is 0 Å². The molecule has 0 saturated heterocycles. The van der Waals surface area contributed by atoms with E-state index >= 15 is 0 Å². The molecule has 0 bridgehead atoms. The number of hydrogen-bond acceptors (Lipinski definition) is 3. The van der Waals surface area contributed by atoms with Gasteiger partial charge in [0.15, 0.2) is 0 Å². The summed E-state index contributed by atoms with van der Waals surface area (Å²) in [4.78, 5) is 0. The predicted octanol–water partition coefficient (Wildman–Crippen LogP) is 2.84. The zero-order valence-electron chi connectivity index (χ0n) is 5.80. The summed E-state index contributed by atoms with van der Waals surface area (Å²) in [6, 6.07) is 6.05. The molecule has 0 aliphatic carbocycles. The van der Waals surface area contributed by atoms with Gasteiger partial charge in [-0.15, -0.1) is 11.3 Å². The number of halogens is 1. The summed E-state index contributed by atoms with van der Waals surface area (Å²) in [5.41, 5.74) is 0. The molecule has 1 N–H and O–H groups in total. The van der Waals surface area contributed by atoms with Gasteiger partial charge in [-0.1, -0.05) is 0 Å². The van der Waals surface area contributed by atoms with Crippen molar-refractivity contribution < 1.29 is 0 Å². The van der Waals surface area contributed by atoms with Crippen molar-refractivity contribution in [1.29, 1.82) is 5.26 Å². The van der Waals surface area contributed by atoms with Gasteiger partial charge in [-0.2, -0.15) is 5.26 Å². The van der Waals surface area contributed by atoms with Gasteiger partial charge in [-0.25, -0.2) is 0 Å². The summed E-state index contributed by atoms with van der Waals surface area (Å²) in [5, 5.41) is 12.5. The highest BCUT2D eigenvalue weighted by atomic mass is 79.9. The molecule has 11 heavy (non-hydrogen) atoms. The fraction of sp³-hybridized carbons (Fsp3) is 0.286. The molecule has 1 aromatic heterocycles. The van der Waals surface area contributed by atoms with Crippen molar-refractivity contribution in [3.8, 4) is 6.07 Å². The molecule has 58 valence electrons. The SMILES string of the molecule is N#CCCNc1ccc(Br)s1. The molecule has 0 saturated carbocycles. The Kier molecular flexibility index (Phi) is 3.40. The maximum absolute atomic E-state index is 8.25. The molecule has 0 atom stereocenters. The van der Waals surface area contributed by atoms with Crippen LogP contribution in [0.4, 0.5) is 5.00 Å². The minimum Gasteiger partial charge on any atom is -0.376 e. The quantitative estimate of drug-likeness (QED) is 0.812. The van der Waals surface area contributed by atoms with Crippen molar-refractivity contribution in [2.75, 3.05) is 11.9 Å². The lowest BCUT2D eigenvalue weighted by molar-refractivity contribution is 1.08. The van der Waals surface area contributed by atoms with Crippen LogP contribution >= 0.6 is 27.3 Å². The third kappa shape index (κ3) is 2.91. The van der Waals surface area contributed by atoms with E-state index < -0.39 is 0 Å². The summed E-state index contributed by atoms with van der Waals surface area (Å²) in [5.74, 6) is 0. The van der Waals surface area contributed by atoms with Crippen LogP contribution in [0.3, 0.4) is 0 Å². The molecule has 2 nitrogen and oxygen atoms in total. The Bertz CT molecular complexity index is 264. The first kappa shape index (κ1) is 8.57. The van der Waals surface area contributed by atoms with Crippen LogP contribution in [-0.2, 0) is 0 Å². The zero-order valence-corrected chi connectivity index (χ0v) is 8.20. The molecule has 0 fully saturated rings. The van der Waals surface area contributed by atoms with E-state index in [-0.39, 0.29) is 0 Å². The number of hydrogen-bond donors (Lipinski definition) is 1. The van der Waals surface area contributed by atoms with Crippen LogP contribution < -0.4 is 5.32 Å². The zero-order chi connectivity index (χ0) is 8.10. The van der Waals surface area contributed by atoms with Gasteiger partial charge < -0.3 is 5.32 Å². The monoisotopic (exact) mass is 230 g/mol. The first-order valence-corrected chi connectivity index (χ1v) is 4.80. The molecule has 0 radical (unpaired) electrons. The van der Waals surface area contributed by atoms with Gasteiger partial charge in [0.1, 0.15) is 0 Å². The minimum absolute atomic E-state index is 0.551. The Labute approximate surface area is 78.0 Å². The molecular weight excluding hydrogens is 224 g/mol. The van der Waals surface area contributed by atoms with Gasteiger partial charge >= 0.3 is 0 Å². The second-order valence-corrected chi connectivity index (χ2v) is 4.40. The molecule has 0 aliphatic rings. The average molecular weight is 231 g/mol. The van der Waals surface area contributed by atoms with Crippen molar-refractivity contribution in [2.45, 2.75) is 6.42 Å². The summed E-state index contributed by atoms with van der Waals surface area (Å²) < 4.78 is 1.11. The van der Waals surface area contributed by atoms with E-state index in [0.717, 1.165) is 15.3 Å². The molecule has 1 aromatic rings. The van der Waals surface area contributed by atoms with Crippen LogP contribution in [0.25, 0.3) is 0 Å². The van der Waals surface area contributed by atoms with Crippen molar-refractivity contribution in [3.05, 3.63) is 15.9 Å². The molecule has 1 heterocycles. The fourth-order valence-corrected chi connectivity index (χ4v) is 1.96. The maximum Gasteiger partial charge on any atom is 0.0894 e. The highest BCUT2D eigenvalue weighted by Crippen LogP contribution is 2.26. The van der Waals surface area contributed by atoms with Crippen LogP contribution in [0.1, 0.15) is 6.42 Å². The number of rotatable bonds is 3. The fourth-order valence-electron chi connectivity index (χ4n) is 0.651. The van der Waals surface area contributed by atoms with Crippen molar-refractivity contribution in [2.24, 2.45) is 0 Å². The lowest BCUT2D eigenvalue weighted by Crippen LogP contribution is -1.97. The van der Waals surface area contributed by atoms with Crippen LogP contribution in [0.15, 0.2) is 15.9 Å². The third-order valence-corrected chi connectivity index (χ3v) is 2.69. The first-order chi connectivity index (χ1) is 5.33. The Balaban J connectivity index is 2.34. The van der Waals surface area contributed by atoms with Crippen LogP contribution in [0.5, 0.6) is 0 Å². The van der Waals surface area contributed by atoms with Crippen LogP contribution in [-0.4, -0.2) is 6.54 Å². The second kappa shape index (κ2) is 4.37. The second-order valence-electron chi connectivity index (χ2n) is 1.94. The lowest BCUT2D eigenvalue weighted by atomic mass is 10.5.